The van der Waals surface area contributed by atoms with E-state index in [1.165, 1.54) is 0 Å². The maximum absolute atomic E-state index is 12.0. The van der Waals surface area contributed by atoms with Gasteiger partial charge >= 0.3 is 5.97 Å². The van der Waals surface area contributed by atoms with Gasteiger partial charge in [0, 0.05) is 13.1 Å². The Morgan fingerprint density at radius 1 is 1.55 bits per heavy atom. The molecule has 0 aliphatic carbocycles. The Hall–Kier alpha value is -1.93. The first-order valence-corrected chi connectivity index (χ1v) is 6.35. The van der Waals surface area contributed by atoms with Crippen LogP contribution < -0.4 is 5.32 Å². The zero-order chi connectivity index (χ0) is 14.7. The molecule has 8 heteroatoms. The van der Waals surface area contributed by atoms with Gasteiger partial charge in [0.25, 0.3) is 0 Å². The minimum Gasteiger partial charge on any atom is -0.479 e. The van der Waals surface area contributed by atoms with Crippen LogP contribution in [0.15, 0.2) is 0 Å². The smallest absolute Gasteiger partial charge is 0.334 e. The van der Waals surface area contributed by atoms with E-state index in [1.54, 1.807) is 11.8 Å². The van der Waals surface area contributed by atoms with Crippen LogP contribution in [0.2, 0.25) is 0 Å². The van der Waals surface area contributed by atoms with Crippen molar-refractivity contribution in [3.8, 4) is 0 Å². The number of morpholine rings is 1. The summed E-state index contributed by atoms with van der Waals surface area (Å²) in [6, 6.07) is 0. The largest absolute Gasteiger partial charge is 0.479 e. The molecule has 1 aliphatic heterocycles. The third-order valence-corrected chi connectivity index (χ3v) is 3.19. The van der Waals surface area contributed by atoms with Crippen molar-refractivity contribution < 1.29 is 19.4 Å². The standard InChI is InChI=1S/C12H18N4O4/c1-7-11(8(2)15-14-7)13-10(17)6-16-3-4-20-9(5-16)12(18)19/h9H,3-6H2,1-2H3,(H,13,17)(H,14,15)(H,18,19). The lowest BCUT2D eigenvalue weighted by molar-refractivity contribution is -0.156. The number of hydrogen-bond acceptors (Lipinski definition) is 5. The fraction of sp³-hybridized carbons (Fsp3) is 0.583. The number of hydrogen-bond donors (Lipinski definition) is 3. The lowest BCUT2D eigenvalue weighted by Crippen LogP contribution is -2.48. The van der Waals surface area contributed by atoms with Gasteiger partial charge < -0.3 is 15.2 Å². The van der Waals surface area contributed by atoms with Crippen LogP contribution in [0.1, 0.15) is 11.4 Å². The number of anilines is 1. The third kappa shape index (κ3) is 3.34. The van der Waals surface area contributed by atoms with Crippen molar-refractivity contribution >= 4 is 17.6 Å². The van der Waals surface area contributed by atoms with Crippen LogP contribution in [-0.2, 0) is 14.3 Å². The second-order valence-electron chi connectivity index (χ2n) is 4.79. The zero-order valence-electron chi connectivity index (χ0n) is 11.5. The first kappa shape index (κ1) is 14.5. The van der Waals surface area contributed by atoms with Crippen LogP contribution in [-0.4, -0.2) is 64.4 Å². The number of aromatic nitrogens is 2. The van der Waals surface area contributed by atoms with E-state index >= 15 is 0 Å². The van der Waals surface area contributed by atoms with Gasteiger partial charge in [-0.1, -0.05) is 0 Å². The second-order valence-corrected chi connectivity index (χ2v) is 4.79. The minimum atomic E-state index is -1.00. The number of carboxylic acid groups (broad SMARTS) is 1. The molecule has 0 radical (unpaired) electrons. The number of carbonyl (C=O) groups is 2. The Morgan fingerprint density at radius 3 is 2.90 bits per heavy atom. The van der Waals surface area contributed by atoms with Crippen molar-refractivity contribution in [3.63, 3.8) is 0 Å². The molecule has 0 bridgehead atoms. The van der Waals surface area contributed by atoms with Gasteiger partial charge in [-0.2, -0.15) is 5.10 Å². The van der Waals surface area contributed by atoms with Crippen molar-refractivity contribution in [1.29, 1.82) is 0 Å². The van der Waals surface area contributed by atoms with Crippen molar-refractivity contribution in [3.05, 3.63) is 11.4 Å². The van der Waals surface area contributed by atoms with Crippen LogP contribution in [0.3, 0.4) is 0 Å². The quantitative estimate of drug-likeness (QED) is 0.703. The monoisotopic (exact) mass is 282 g/mol. The maximum Gasteiger partial charge on any atom is 0.334 e. The van der Waals surface area contributed by atoms with E-state index in [-0.39, 0.29) is 19.0 Å². The van der Waals surface area contributed by atoms with E-state index in [0.717, 1.165) is 11.4 Å². The third-order valence-electron chi connectivity index (χ3n) is 3.19. The predicted octanol–water partition coefficient (Wildman–Crippen LogP) is -0.250. The number of nitrogens with one attached hydrogen (secondary N) is 2. The summed E-state index contributed by atoms with van der Waals surface area (Å²) in [6.45, 7) is 4.83. The molecular weight excluding hydrogens is 264 g/mol. The Kier molecular flexibility index (Phi) is 4.35. The number of aryl methyl sites for hydroxylation is 2. The summed E-state index contributed by atoms with van der Waals surface area (Å²) in [5.74, 6) is -1.19. The Morgan fingerprint density at radius 2 is 2.30 bits per heavy atom. The molecule has 1 saturated heterocycles. The van der Waals surface area contributed by atoms with Gasteiger partial charge in [0.2, 0.25) is 5.91 Å². The zero-order valence-corrected chi connectivity index (χ0v) is 11.5. The molecule has 1 aromatic heterocycles. The van der Waals surface area contributed by atoms with Crippen LogP contribution in [0.25, 0.3) is 0 Å². The topological polar surface area (TPSA) is 108 Å². The molecular formula is C12H18N4O4. The van der Waals surface area contributed by atoms with Gasteiger partial charge in [-0.25, -0.2) is 4.79 Å². The van der Waals surface area contributed by atoms with E-state index in [0.29, 0.717) is 18.8 Å². The van der Waals surface area contributed by atoms with Crippen LogP contribution in [0.4, 0.5) is 5.69 Å². The molecule has 110 valence electrons. The van der Waals surface area contributed by atoms with Gasteiger partial charge in [0.05, 0.1) is 30.2 Å². The number of aliphatic carboxylic acids is 1. The predicted molar refractivity (Wildman–Crippen MR) is 70.5 cm³/mol. The first-order valence-electron chi connectivity index (χ1n) is 6.35. The second kappa shape index (κ2) is 6.02. The summed E-state index contributed by atoms with van der Waals surface area (Å²) in [4.78, 5) is 24.6. The molecule has 2 heterocycles. The first-order chi connectivity index (χ1) is 9.47. The average molecular weight is 282 g/mol. The molecule has 8 nitrogen and oxygen atoms in total. The Balaban J connectivity index is 1.90. The molecule has 1 amide bonds. The highest BCUT2D eigenvalue weighted by atomic mass is 16.5. The number of rotatable bonds is 4. The lowest BCUT2D eigenvalue weighted by atomic mass is 10.2. The van der Waals surface area contributed by atoms with Crippen molar-refractivity contribution in [2.75, 3.05) is 31.6 Å². The molecule has 1 aromatic rings. The van der Waals surface area contributed by atoms with E-state index in [9.17, 15) is 9.59 Å². The molecule has 3 N–H and O–H groups in total. The van der Waals surface area contributed by atoms with Gasteiger partial charge in [0.1, 0.15) is 0 Å². The SMILES string of the molecule is Cc1n[nH]c(C)c1NC(=O)CN1CCOC(C(=O)O)C1. The molecule has 20 heavy (non-hydrogen) atoms. The highest BCUT2D eigenvalue weighted by Gasteiger charge is 2.27. The van der Waals surface area contributed by atoms with Crippen molar-refractivity contribution in [2.24, 2.45) is 0 Å². The molecule has 1 aliphatic rings. The van der Waals surface area contributed by atoms with Crippen LogP contribution >= 0.6 is 0 Å². The van der Waals surface area contributed by atoms with E-state index in [4.69, 9.17) is 9.84 Å². The van der Waals surface area contributed by atoms with E-state index in [1.807, 2.05) is 6.92 Å². The molecule has 0 saturated carbocycles. The highest BCUT2D eigenvalue weighted by Crippen LogP contribution is 2.16. The number of amides is 1. The van der Waals surface area contributed by atoms with E-state index < -0.39 is 12.1 Å². The number of aromatic amines is 1. The number of nitrogens with zero attached hydrogens (tertiary/aromatic N) is 2. The highest BCUT2D eigenvalue weighted by molar-refractivity contribution is 5.93. The summed E-state index contributed by atoms with van der Waals surface area (Å²) in [5, 5.41) is 18.5. The summed E-state index contributed by atoms with van der Waals surface area (Å²) in [7, 11) is 0. The molecule has 0 aromatic carbocycles. The molecule has 0 spiro atoms. The summed E-state index contributed by atoms with van der Waals surface area (Å²) in [5.41, 5.74) is 2.19. The number of ether oxygens (including phenoxy) is 1. The molecule has 2 rings (SSSR count). The van der Waals surface area contributed by atoms with Gasteiger partial charge in [-0.3, -0.25) is 14.8 Å². The van der Waals surface area contributed by atoms with E-state index in [2.05, 4.69) is 15.5 Å². The van der Waals surface area contributed by atoms with Gasteiger partial charge in [0.15, 0.2) is 6.10 Å². The summed E-state index contributed by atoms with van der Waals surface area (Å²) in [6.07, 6.45) is -0.867. The number of carboxylic acids is 1. The molecule has 1 fully saturated rings. The minimum absolute atomic E-state index is 0.136. The fourth-order valence-corrected chi connectivity index (χ4v) is 2.11. The summed E-state index contributed by atoms with van der Waals surface area (Å²) < 4.78 is 5.11. The van der Waals surface area contributed by atoms with Crippen molar-refractivity contribution in [1.82, 2.24) is 15.1 Å². The van der Waals surface area contributed by atoms with Gasteiger partial charge in [-0.05, 0) is 13.8 Å². The summed E-state index contributed by atoms with van der Waals surface area (Å²) >= 11 is 0. The molecule has 1 atom stereocenters. The molecule has 1 unspecified atom stereocenters. The number of H-pyrrole nitrogens is 1. The van der Waals surface area contributed by atoms with Crippen LogP contribution in [0, 0.1) is 13.8 Å². The lowest BCUT2D eigenvalue weighted by Gasteiger charge is -2.30. The van der Waals surface area contributed by atoms with Crippen molar-refractivity contribution in [2.45, 2.75) is 20.0 Å². The Labute approximate surface area is 116 Å². The van der Waals surface area contributed by atoms with Gasteiger partial charge in [-0.15, -0.1) is 0 Å². The average Bonchev–Trinajstić information content (AvgIpc) is 2.71. The van der Waals surface area contributed by atoms with Crippen LogP contribution in [0.5, 0.6) is 0 Å². The maximum atomic E-state index is 12.0. The Bertz CT molecular complexity index is 494. The normalized spacial score (nSPS) is 19.8. The fourth-order valence-electron chi connectivity index (χ4n) is 2.11. The number of carbonyl (C=O) groups excluding carboxylic acids is 1.